The lowest BCUT2D eigenvalue weighted by Crippen LogP contribution is -2.29. The molecule has 180 valence electrons. The van der Waals surface area contributed by atoms with Crippen molar-refractivity contribution in [2.24, 2.45) is 5.92 Å². The van der Waals surface area contributed by atoms with Crippen LogP contribution in [-0.2, 0) is 9.59 Å². The molecular formula is C29H28FNO4. The molecule has 1 aliphatic heterocycles. The first-order chi connectivity index (χ1) is 16.7. The van der Waals surface area contributed by atoms with Gasteiger partial charge in [0.2, 0.25) is 0 Å². The molecule has 1 atom stereocenters. The molecule has 6 heteroatoms. The molecule has 1 unspecified atom stereocenters. The molecule has 1 heterocycles. The van der Waals surface area contributed by atoms with Crippen LogP contribution in [0.25, 0.3) is 5.76 Å². The Hall–Kier alpha value is -3.93. The number of benzene rings is 3. The molecule has 1 aliphatic rings. The number of hydrogen-bond donors (Lipinski definition) is 1. The zero-order valence-electron chi connectivity index (χ0n) is 20.2. The minimum Gasteiger partial charge on any atom is -0.507 e. The van der Waals surface area contributed by atoms with Crippen LogP contribution < -0.4 is 9.64 Å². The number of hydrogen-bond acceptors (Lipinski definition) is 4. The van der Waals surface area contributed by atoms with Crippen molar-refractivity contribution in [3.05, 3.63) is 100 Å². The van der Waals surface area contributed by atoms with Crippen molar-refractivity contribution in [2.45, 2.75) is 33.7 Å². The number of rotatable bonds is 6. The van der Waals surface area contributed by atoms with Gasteiger partial charge in [-0.3, -0.25) is 14.5 Å². The first kappa shape index (κ1) is 24.2. The van der Waals surface area contributed by atoms with Crippen LogP contribution in [0.2, 0.25) is 0 Å². The highest BCUT2D eigenvalue weighted by molar-refractivity contribution is 6.51. The van der Waals surface area contributed by atoms with Gasteiger partial charge in [0.25, 0.3) is 11.7 Å². The Kier molecular flexibility index (Phi) is 6.74. The van der Waals surface area contributed by atoms with Crippen molar-refractivity contribution in [2.75, 3.05) is 11.5 Å². The van der Waals surface area contributed by atoms with E-state index in [4.69, 9.17) is 4.74 Å². The van der Waals surface area contributed by atoms with E-state index >= 15 is 0 Å². The number of halogens is 1. The molecule has 0 saturated carbocycles. The Balaban J connectivity index is 1.84. The normalized spacial score (nSPS) is 17.3. The number of aliphatic hydroxyl groups is 1. The van der Waals surface area contributed by atoms with Gasteiger partial charge in [0, 0.05) is 11.3 Å². The Morgan fingerprint density at radius 1 is 1.03 bits per heavy atom. The third-order valence-corrected chi connectivity index (χ3v) is 5.93. The van der Waals surface area contributed by atoms with E-state index in [2.05, 4.69) is 13.8 Å². The lowest BCUT2D eigenvalue weighted by atomic mass is 9.94. The predicted octanol–water partition coefficient (Wildman–Crippen LogP) is 6.10. The summed E-state index contributed by atoms with van der Waals surface area (Å²) < 4.78 is 19.6. The number of amides is 1. The molecule has 1 fully saturated rings. The summed E-state index contributed by atoms with van der Waals surface area (Å²) in [6.07, 6.45) is 0. The van der Waals surface area contributed by atoms with Crippen molar-refractivity contribution < 1.29 is 23.8 Å². The van der Waals surface area contributed by atoms with Crippen molar-refractivity contribution in [3.63, 3.8) is 0 Å². The Morgan fingerprint density at radius 3 is 2.37 bits per heavy atom. The first-order valence-corrected chi connectivity index (χ1v) is 11.5. The smallest absolute Gasteiger partial charge is 0.300 e. The maximum atomic E-state index is 13.8. The highest BCUT2D eigenvalue weighted by Crippen LogP contribution is 2.42. The van der Waals surface area contributed by atoms with E-state index in [1.165, 1.54) is 23.1 Å². The topological polar surface area (TPSA) is 66.8 Å². The zero-order chi connectivity index (χ0) is 25.3. The number of Topliss-reactive ketones (excluding diaryl/α,β-unsaturated/α-hetero) is 1. The van der Waals surface area contributed by atoms with Gasteiger partial charge in [-0.15, -0.1) is 0 Å². The van der Waals surface area contributed by atoms with Crippen LogP contribution >= 0.6 is 0 Å². The maximum absolute atomic E-state index is 13.8. The molecule has 0 aliphatic carbocycles. The average molecular weight is 474 g/mol. The van der Waals surface area contributed by atoms with Crippen LogP contribution in [0.4, 0.5) is 10.1 Å². The molecule has 4 rings (SSSR count). The number of carbonyl (C=O) groups is 2. The molecule has 0 bridgehead atoms. The van der Waals surface area contributed by atoms with Gasteiger partial charge in [-0.05, 0) is 73.4 Å². The molecule has 0 spiro atoms. The fourth-order valence-corrected chi connectivity index (χ4v) is 4.17. The quantitative estimate of drug-likeness (QED) is 0.267. The van der Waals surface area contributed by atoms with E-state index in [9.17, 15) is 19.1 Å². The van der Waals surface area contributed by atoms with Gasteiger partial charge in [-0.1, -0.05) is 43.7 Å². The van der Waals surface area contributed by atoms with Gasteiger partial charge in [0.1, 0.15) is 17.3 Å². The van der Waals surface area contributed by atoms with E-state index < -0.39 is 23.5 Å². The summed E-state index contributed by atoms with van der Waals surface area (Å²) in [5.74, 6) is -1.27. The number of aliphatic hydroxyl groups excluding tert-OH is 1. The van der Waals surface area contributed by atoms with Crippen molar-refractivity contribution >= 4 is 23.1 Å². The SMILES string of the molecule is Cc1cccc(C2/C(=C(/O)c3ccc(F)c(C)c3)C(=O)C(=O)N2c2ccc(OCC(C)C)cc2)c1. The van der Waals surface area contributed by atoms with Gasteiger partial charge in [-0.2, -0.15) is 0 Å². The Labute approximate surface area is 204 Å². The van der Waals surface area contributed by atoms with E-state index in [0.29, 0.717) is 35.1 Å². The Morgan fingerprint density at radius 2 is 1.74 bits per heavy atom. The number of anilines is 1. The molecular weight excluding hydrogens is 445 g/mol. The van der Waals surface area contributed by atoms with Crippen LogP contribution in [0.15, 0.2) is 72.3 Å². The summed E-state index contributed by atoms with van der Waals surface area (Å²) in [5, 5.41) is 11.2. The summed E-state index contributed by atoms with van der Waals surface area (Å²) in [6.45, 7) is 8.16. The number of nitrogens with zero attached hydrogens (tertiary/aromatic N) is 1. The second-order valence-corrected chi connectivity index (χ2v) is 9.25. The lowest BCUT2D eigenvalue weighted by Gasteiger charge is -2.26. The molecule has 0 aromatic heterocycles. The van der Waals surface area contributed by atoms with Gasteiger partial charge < -0.3 is 9.84 Å². The number of ether oxygens (including phenoxy) is 1. The molecule has 5 nitrogen and oxygen atoms in total. The molecule has 3 aromatic carbocycles. The number of carbonyl (C=O) groups excluding carboxylic acids is 2. The molecule has 0 radical (unpaired) electrons. The van der Waals surface area contributed by atoms with Crippen LogP contribution in [0.1, 0.15) is 42.1 Å². The highest BCUT2D eigenvalue weighted by Gasteiger charge is 2.47. The van der Waals surface area contributed by atoms with Gasteiger partial charge in [0.15, 0.2) is 0 Å². The summed E-state index contributed by atoms with van der Waals surface area (Å²) in [4.78, 5) is 27.9. The second-order valence-electron chi connectivity index (χ2n) is 9.25. The van der Waals surface area contributed by atoms with E-state index in [-0.39, 0.29) is 16.9 Å². The second kappa shape index (κ2) is 9.74. The monoisotopic (exact) mass is 473 g/mol. The lowest BCUT2D eigenvalue weighted by molar-refractivity contribution is -0.132. The largest absolute Gasteiger partial charge is 0.507 e. The minimum atomic E-state index is -0.845. The third kappa shape index (κ3) is 4.83. The zero-order valence-corrected chi connectivity index (χ0v) is 20.2. The number of aryl methyl sites for hydroxylation is 2. The van der Waals surface area contributed by atoms with Gasteiger partial charge in [-0.25, -0.2) is 4.39 Å². The summed E-state index contributed by atoms with van der Waals surface area (Å²) in [6, 6.07) is 17.7. The highest BCUT2D eigenvalue weighted by atomic mass is 19.1. The van der Waals surface area contributed by atoms with Crippen molar-refractivity contribution in [1.29, 1.82) is 0 Å². The minimum absolute atomic E-state index is 0.0354. The van der Waals surface area contributed by atoms with Gasteiger partial charge >= 0.3 is 0 Å². The first-order valence-electron chi connectivity index (χ1n) is 11.5. The van der Waals surface area contributed by atoms with Crippen molar-refractivity contribution in [3.8, 4) is 5.75 Å². The number of ketones is 1. The average Bonchev–Trinajstić information content (AvgIpc) is 3.10. The van der Waals surface area contributed by atoms with Crippen LogP contribution in [-0.4, -0.2) is 23.4 Å². The molecule has 1 N–H and O–H groups in total. The Bertz CT molecular complexity index is 1310. The summed E-state index contributed by atoms with van der Waals surface area (Å²) >= 11 is 0. The fraction of sp³-hybridized carbons (Fsp3) is 0.241. The molecule has 1 saturated heterocycles. The molecule has 35 heavy (non-hydrogen) atoms. The van der Waals surface area contributed by atoms with E-state index in [1.54, 1.807) is 31.2 Å². The maximum Gasteiger partial charge on any atom is 0.300 e. The fourth-order valence-electron chi connectivity index (χ4n) is 4.17. The van der Waals surface area contributed by atoms with E-state index in [0.717, 1.165) is 5.56 Å². The van der Waals surface area contributed by atoms with E-state index in [1.807, 2.05) is 31.2 Å². The summed E-state index contributed by atoms with van der Waals surface area (Å²) in [5.41, 5.74) is 2.70. The summed E-state index contributed by atoms with van der Waals surface area (Å²) in [7, 11) is 0. The third-order valence-electron chi connectivity index (χ3n) is 5.93. The predicted molar refractivity (Wildman–Crippen MR) is 134 cm³/mol. The molecule has 3 aromatic rings. The van der Waals surface area contributed by atoms with Gasteiger partial charge in [0.05, 0.1) is 18.2 Å². The van der Waals surface area contributed by atoms with Crippen LogP contribution in [0.5, 0.6) is 5.75 Å². The van der Waals surface area contributed by atoms with Crippen LogP contribution in [0, 0.1) is 25.6 Å². The van der Waals surface area contributed by atoms with Crippen LogP contribution in [0.3, 0.4) is 0 Å². The van der Waals surface area contributed by atoms with Crippen molar-refractivity contribution in [1.82, 2.24) is 0 Å². The standard InChI is InChI=1S/C29H28FNO4/c1-17(2)16-35-23-11-9-22(10-12-23)31-26(20-7-5-6-18(3)14-20)25(28(33)29(31)34)27(32)21-8-13-24(30)19(4)15-21/h5-15,17,26,32H,16H2,1-4H3/b27-25-. The molecule has 1 amide bonds.